The van der Waals surface area contributed by atoms with Gasteiger partial charge in [-0.25, -0.2) is 0 Å². The van der Waals surface area contributed by atoms with Crippen LogP contribution in [0.3, 0.4) is 0 Å². The van der Waals surface area contributed by atoms with E-state index in [1.54, 1.807) is 12.1 Å². The number of fused-ring (bicyclic) bond motifs is 1. The number of H-pyrrole nitrogens is 2. The van der Waals surface area contributed by atoms with Crippen molar-refractivity contribution in [3.8, 4) is 5.75 Å². The summed E-state index contributed by atoms with van der Waals surface area (Å²) in [6, 6.07) is 4.90. The molecule has 9 heteroatoms. The number of nitrogens with zero attached hydrogens (tertiary/aromatic N) is 2. The van der Waals surface area contributed by atoms with Crippen LogP contribution in [-0.4, -0.2) is 33.4 Å². The molecule has 0 atom stereocenters. The Hall–Kier alpha value is -2.52. The lowest BCUT2D eigenvalue weighted by Gasteiger charge is -2.27. The first kappa shape index (κ1) is 16.3. The number of rotatable bonds is 4. The summed E-state index contributed by atoms with van der Waals surface area (Å²) < 4.78 is 5.34. The summed E-state index contributed by atoms with van der Waals surface area (Å²) in [5, 5.41) is 11.1. The monoisotopic (exact) mass is 348 g/mol. The van der Waals surface area contributed by atoms with Gasteiger partial charge in [-0.15, -0.1) is 0 Å². The Balaban J connectivity index is 1.83. The van der Waals surface area contributed by atoms with Crippen LogP contribution in [0.4, 0.5) is 5.69 Å². The van der Waals surface area contributed by atoms with Crippen molar-refractivity contribution in [1.82, 2.24) is 14.9 Å². The van der Waals surface area contributed by atoms with Crippen LogP contribution in [0.25, 0.3) is 0 Å². The van der Waals surface area contributed by atoms with Gasteiger partial charge in [0.1, 0.15) is 0 Å². The summed E-state index contributed by atoms with van der Waals surface area (Å²) in [5.74, 6) is 0.233. The molecule has 2 aromatic rings. The van der Waals surface area contributed by atoms with Gasteiger partial charge in [0, 0.05) is 37.8 Å². The number of hydrogen-bond acceptors (Lipinski definition) is 6. The minimum atomic E-state index is -0.460. The largest absolute Gasteiger partial charge is 0.490 e. The quantitative estimate of drug-likeness (QED) is 0.497. The number of nitro groups is 1. The number of methoxy groups -OCH3 is 1. The first-order valence-corrected chi connectivity index (χ1v) is 7.77. The smallest absolute Gasteiger partial charge is 0.311 e. The average molecular weight is 348 g/mol. The Kier molecular flexibility index (Phi) is 4.45. The first-order valence-electron chi connectivity index (χ1n) is 7.36. The molecule has 1 aliphatic heterocycles. The van der Waals surface area contributed by atoms with Crippen molar-refractivity contribution < 1.29 is 9.66 Å². The Bertz CT molecular complexity index is 905. The number of benzene rings is 1. The van der Waals surface area contributed by atoms with Gasteiger partial charge in [-0.2, -0.15) is 0 Å². The first-order chi connectivity index (χ1) is 11.5. The molecule has 0 unspecified atom stereocenters. The van der Waals surface area contributed by atoms with Gasteiger partial charge in [0.25, 0.3) is 5.56 Å². The molecule has 0 radical (unpaired) electrons. The van der Waals surface area contributed by atoms with E-state index in [0.29, 0.717) is 29.8 Å². The minimum Gasteiger partial charge on any atom is -0.490 e. The SMILES string of the molecule is COc1ccc(CN2CCc3[nH]c(=S)[nH]c(=O)c3C2)cc1[N+](=O)[O-]. The summed E-state index contributed by atoms with van der Waals surface area (Å²) in [6.07, 6.45) is 0.682. The molecule has 2 N–H and O–H groups in total. The summed E-state index contributed by atoms with van der Waals surface area (Å²) in [5.41, 5.74) is 2.08. The summed E-state index contributed by atoms with van der Waals surface area (Å²) in [6.45, 7) is 1.72. The van der Waals surface area contributed by atoms with Crippen LogP contribution < -0.4 is 10.3 Å². The number of ether oxygens (including phenoxy) is 1. The lowest BCUT2D eigenvalue weighted by molar-refractivity contribution is -0.385. The van der Waals surface area contributed by atoms with Gasteiger partial charge < -0.3 is 9.72 Å². The number of hydrogen-bond donors (Lipinski definition) is 2. The number of aromatic amines is 2. The van der Waals surface area contributed by atoms with E-state index < -0.39 is 4.92 Å². The Morgan fingerprint density at radius 2 is 2.21 bits per heavy atom. The fourth-order valence-corrected chi connectivity index (χ4v) is 3.10. The third-order valence-corrected chi connectivity index (χ3v) is 4.24. The molecular weight excluding hydrogens is 332 g/mol. The van der Waals surface area contributed by atoms with E-state index in [1.807, 2.05) is 0 Å². The van der Waals surface area contributed by atoms with Crippen LogP contribution >= 0.6 is 12.2 Å². The molecule has 0 saturated carbocycles. The number of aromatic nitrogens is 2. The molecule has 2 heterocycles. The second kappa shape index (κ2) is 6.54. The summed E-state index contributed by atoms with van der Waals surface area (Å²) in [7, 11) is 1.40. The molecule has 0 saturated heterocycles. The summed E-state index contributed by atoms with van der Waals surface area (Å²) in [4.78, 5) is 30.4. The van der Waals surface area contributed by atoms with E-state index >= 15 is 0 Å². The second-order valence-electron chi connectivity index (χ2n) is 5.59. The fourth-order valence-electron chi connectivity index (χ4n) is 2.88. The minimum absolute atomic E-state index is 0.0608. The molecule has 0 aliphatic carbocycles. The van der Waals surface area contributed by atoms with Crippen LogP contribution in [0, 0.1) is 14.9 Å². The van der Waals surface area contributed by atoms with Gasteiger partial charge in [-0.3, -0.25) is 24.8 Å². The average Bonchev–Trinajstić information content (AvgIpc) is 2.55. The zero-order valence-corrected chi connectivity index (χ0v) is 13.8. The Labute approximate surface area is 142 Å². The molecule has 24 heavy (non-hydrogen) atoms. The van der Waals surface area contributed by atoms with Crippen LogP contribution in [-0.2, 0) is 19.5 Å². The highest BCUT2D eigenvalue weighted by Gasteiger charge is 2.21. The molecule has 126 valence electrons. The number of nitrogens with one attached hydrogen (secondary N) is 2. The number of nitro benzene ring substituents is 1. The van der Waals surface area contributed by atoms with Gasteiger partial charge in [-0.05, 0) is 23.8 Å². The lowest BCUT2D eigenvalue weighted by Crippen LogP contribution is -2.35. The molecule has 1 aromatic carbocycles. The van der Waals surface area contributed by atoms with E-state index in [1.165, 1.54) is 13.2 Å². The van der Waals surface area contributed by atoms with E-state index in [4.69, 9.17) is 17.0 Å². The molecule has 8 nitrogen and oxygen atoms in total. The highest BCUT2D eigenvalue weighted by Crippen LogP contribution is 2.28. The van der Waals surface area contributed by atoms with Gasteiger partial charge in [0.05, 0.1) is 17.6 Å². The van der Waals surface area contributed by atoms with Crippen LogP contribution in [0.1, 0.15) is 16.8 Å². The van der Waals surface area contributed by atoms with Crippen molar-refractivity contribution in [2.45, 2.75) is 19.5 Å². The fraction of sp³-hybridized carbons (Fsp3) is 0.333. The van der Waals surface area contributed by atoms with E-state index in [9.17, 15) is 14.9 Å². The lowest BCUT2D eigenvalue weighted by atomic mass is 10.1. The molecule has 3 rings (SSSR count). The van der Waals surface area contributed by atoms with Crippen molar-refractivity contribution in [2.24, 2.45) is 0 Å². The predicted octanol–water partition coefficient (Wildman–Crippen LogP) is 1.91. The Morgan fingerprint density at radius 1 is 1.42 bits per heavy atom. The molecule has 0 spiro atoms. The molecule has 0 fully saturated rings. The molecule has 1 aliphatic rings. The summed E-state index contributed by atoms with van der Waals surface area (Å²) >= 11 is 4.98. The topological polar surface area (TPSA) is 104 Å². The van der Waals surface area contributed by atoms with E-state index in [-0.39, 0.29) is 17.0 Å². The highest BCUT2D eigenvalue weighted by atomic mass is 32.1. The van der Waals surface area contributed by atoms with Gasteiger partial charge in [0.2, 0.25) is 0 Å². The van der Waals surface area contributed by atoms with Crippen molar-refractivity contribution in [3.05, 3.63) is 60.3 Å². The molecule has 0 bridgehead atoms. The normalized spacial score (nSPS) is 14.2. The zero-order chi connectivity index (χ0) is 17.3. The standard InChI is InChI=1S/C15H16N4O4S/c1-23-13-3-2-9(6-12(13)19(21)22)7-18-5-4-11-10(8-18)14(20)17-15(24)16-11/h2-3,6H,4-5,7-8H2,1H3,(H2,16,17,20,24). The van der Waals surface area contributed by atoms with Crippen LogP contribution in [0.5, 0.6) is 5.75 Å². The van der Waals surface area contributed by atoms with Gasteiger partial charge >= 0.3 is 5.69 Å². The highest BCUT2D eigenvalue weighted by molar-refractivity contribution is 7.71. The van der Waals surface area contributed by atoms with Gasteiger partial charge in [-0.1, -0.05) is 6.07 Å². The van der Waals surface area contributed by atoms with E-state index in [2.05, 4.69) is 14.9 Å². The van der Waals surface area contributed by atoms with Crippen LogP contribution in [0.15, 0.2) is 23.0 Å². The van der Waals surface area contributed by atoms with E-state index in [0.717, 1.165) is 17.8 Å². The third kappa shape index (κ3) is 3.22. The van der Waals surface area contributed by atoms with Crippen LogP contribution in [0.2, 0.25) is 0 Å². The van der Waals surface area contributed by atoms with Gasteiger partial charge in [0.15, 0.2) is 10.5 Å². The Morgan fingerprint density at radius 3 is 2.92 bits per heavy atom. The molecule has 1 aromatic heterocycles. The maximum absolute atomic E-state index is 12.0. The second-order valence-corrected chi connectivity index (χ2v) is 6.00. The van der Waals surface area contributed by atoms with Crippen molar-refractivity contribution in [2.75, 3.05) is 13.7 Å². The maximum Gasteiger partial charge on any atom is 0.311 e. The predicted molar refractivity (Wildman–Crippen MR) is 89.7 cm³/mol. The maximum atomic E-state index is 12.0. The molecular formula is C15H16N4O4S. The zero-order valence-electron chi connectivity index (χ0n) is 13.0. The molecule has 0 amide bonds. The van der Waals surface area contributed by atoms with Crippen molar-refractivity contribution in [1.29, 1.82) is 0 Å². The third-order valence-electron chi connectivity index (χ3n) is 4.04. The van der Waals surface area contributed by atoms with Crippen molar-refractivity contribution >= 4 is 17.9 Å². The van der Waals surface area contributed by atoms with Crippen molar-refractivity contribution in [3.63, 3.8) is 0 Å².